The Labute approximate surface area is 94.7 Å². The van der Waals surface area contributed by atoms with Gasteiger partial charge in [0.1, 0.15) is 0 Å². The molecule has 0 radical (unpaired) electrons. The van der Waals surface area contributed by atoms with E-state index < -0.39 is 0 Å². The quantitative estimate of drug-likeness (QED) is 0.709. The fraction of sp³-hybridized carbons (Fsp3) is 0. The van der Waals surface area contributed by atoms with Gasteiger partial charge in [0.2, 0.25) is 0 Å². The SMILES string of the molecule is [PH3+]c1ccccc1[N-]c1ccccc1[PH3+]. The molecule has 2 aromatic rings. The van der Waals surface area contributed by atoms with E-state index in [0.29, 0.717) is 0 Å². The predicted octanol–water partition coefficient (Wildman–Crippen LogP) is 2.49. The van der Waals surface area contributed by atoms with Crippen LogP contribution in [0.5, 0.6) is 0 Å². The molecule has 1 nitrogen and oxygen atoms in total. The van der Waals surface area contributed by atoms with Gasteiger partial charge in [0, 0.05) is 18.5 Å². The van der Waals surface area contributed by atoms with E-state index in [1.54, 1.807) is 0 Å². The van der Waals surface area contributed by atoms with Gasteiger partial charge in [-0.1, -0.05) is 47.8 Å². The van der Waals surface area contributed by atoms with Gasteiger partial charge in [-0.2, -0.15) is 0 Å². The highest BCUT2D eigenvalue weighted by Gasteiger charge is 1.94. The van der Waals surface area contributed by atoms with Gasteiger partial charge in [0.25, 0.3) is 0 Å². The van der Waals surface area contributed by atoms with E-state index in [2.05, 4.69) is 29.6 Å². The van der Waals surface area contributed by atoms with Crippen molar-refractivity contribution in [3.63, 3.8) is 0 Å². The molecule has 3 heteroatoms. The molecule has 0 bridgehead atoms. The van der Waals surface area contributed by atoms with Crippen molar-refractivity contribution in [3.8, 4) is 0 Å². The highest BCUT2D eigenvalue weighted by Crippen LogP contribution is 2.28. The molecule has 0 saturated heterocycles. The smallest absolute Gasteiger partial charge is 0.0719 e. The largest absolute Gasteiger partial charge is 0.652 e. The van der Waals surface area contributed by atoms with Crippen LogP contribution in [0.4, 0.5) is 11.4 Å². The average Bonchev–Trinajstić information content (AvgIpc) is 2.24. The third-order valence-corrected chi connectivity index (χ3v) is 3.42. The lowest BCUT2D eigenvalue weighted by Gasteiger charge is -2.22. The van der Waals surface area contributed by atoms with Crippen LogP contribution in [0.25, 0.3) is 5.32 Å². The number of hydrogen-bond donors (Lipinski definition) is 0. The van der Waals surface area contributed by atoms with Crippen LogP contribution in [0.3, 0.4) is 0 Å². The van der Waals surface area contributed by atoms with Gasteiger partial charge < -0.3 is 5.32 Å². The number of rotatable bonds is 2. The van der Waals surface area contributed by atoms with E-state index in [1.807, 2.05) is 42.7 Å². The fourth-order valence-electron chi connectivity index (χ4n) is 1.37. The highest BCUT2D eigenvalue weighted by molar-refractivity contribution is 7.28. The molecule has 0 aromatic heterocycles. The summed E-state index contributed by atoms with van der Waals surface area (Å²) in [7, 11) is 3.75. The summed E-state index contributed by atoms with van der Waals surface area (Å²) < 4.78 is 0. The second kappa shape index (κ2) is 4.75. The standard InChI is InChI=1S/C12H12NP2/c14-11-7-3-1-5-9(11)13-10-6-2-4-8-12(10)15/h1-8H,14-15H2/q-1/p+2. The number of nitrogens with zero attached hydrogens (tertiary/aromatic N) is 1. The molecule has 15 heavy (non-hydrogen) atoms. The van der Waals surface area contributed by atoms with Gasteiger partial charge in [-0.25, -0.2) is 0 Å². The van der Waals surface area contributed by atoms with Crippen molar-refractivity contribution in [1.82, 2.24) is 0 Å². The van der Waals surface area contributed by atoms with Gasteiger partial charge in [0.05, 0.1) is 10.6 Å². The maximum Gasteiger partial charge on any atom is 0.0719 e. The molecule has 0 aliphatic rings. The van der Waals surface area contributed by atoms with Crippen LogP contribution in [0, 0.1) is 0 Å². The number of para-hydroxylation sites is 2. The van der Waals surface area contributed by atoms with Crippen LogP contribution >= 0.6 is 18.5 Å². The van der Waals surface area contributed by atoms with E-state index in [4.69, 9.17) is 0 Å². The Morgan fingerprint density at radius 3 is 1.47 bits per heavy atom. The summed E-state index contributed by atoms with van der Waals surface area (Å²) in [5.41, 5.74) is 2.13. The lowest BCUT2D eigenvalue weighted by atomic mass is 10.2. The molecular formula is C12H14NP2+. The summed E-state index contributed by atoms with van der Waals surface area (Å²) in [4.78, 5) is 0. The van der Waals surface area contributed by atoms with Gasteiger partial charge in [-0.15, -0.1) is 0 Å². The van der Waals surface area contributed by atoms with Crippen molar-refractivity contribution in [3.05, 3.63) is 53.8 Å². The minimum absolute atomic E-state index is 1.06. The van der Waals surface area contributed by atoms with Crippen LogP contribution in [-0.2, 0) is 0 Å². The minimum atomic E-state index is 1.06. The van der Waals surface area contributed by atoms with E-state index in [-0.39, 0.29) is 0 Å². The first-order chi connectivity index (χ1) is 7.27. The van der Waals surface area contributed by atoms with Crippen molar-refractivity contribution >= 4 is 40.5 Å². The summed E-state index contributed by atoms with van der Waals surface area (Å²) in [5, 5.41) is 7.13. The monoisotopic (exact) mass is 234 g/mol. The molecule has 2 atom stereocenters. The predicted molar refractivity (Wildman–Crippen MR) is 77.0 cm³/mol. The normalized spacial score (nSPS) is 10.4. The van der Waals surface area contributed by atoms with Crippen LogP contribution in [0.2, 0.25) is 0 Å². The zero-order valence-corrected chi connectivity index (χ0v) is 11.3. The van der Waals surface area contributed by atoms with Crippen molar-refractivity contribution < 1.29 is 0 Å². The van der Waals surface area contributed by atoms with Gasteiger partial charge in [-0.05, 0) is 12.1 Å². The second-order valence-corrected chi connectivity index (χ2v) is 4.89. The van der Waals surface area contributed by atoms with E-state index in [0.717, 1.165) is 11.4 Å². The first-order valence-electron chi connectivity index (χ1n) is 4.81. The third kappa shape index (κ3) is 2.56. The Hall–Kier alpha value is -0.900. The molecule has 0 saturated carbocycles. The van der Waals surface area contributed by atoms with Crippen LogP contribution < -0.4 is 10.6 Å². The molecule has 0 aliphatic carbocycles. The summed E-state index contributed by atoms with van der Waals surface area (Å²) in [5.74, 6) is 0. The lowest BCUT2D eigenvalue weighted by Crippen LogP contribution is -1.94. The molecule has 76 valence electrons. The number of hydrogen-bond acceptors (Lipinski definition) is 0. The maximum atomic E-state index is 4.65. The average molecular weight is 234 g/mol. The van der Waals surface area contributed by atoms with Crippen molar-refractivity contribution in [2.24, 2.45) is 0 Å². The zero-order chi connectivity index (χ0) is 10.7. The Bertz CT molecular complexity index is 425. The van der Waals surface area contributed by atoms with Gasteiger partial charge in [-0.3, -0.25) is 0 Å². The molecule has 2 unspecified atom stereocenters. The summed E-state index contributed by atoms with van der Waals surface area (Å²) in [6, 6.07) is 16.4. The maximum absolute atomic E-state index is 4.65. The molecule has 2 aromatic carbocycles. The topological polar surface area (TPSA) is 14.1 Å². The van der Waals surface area contributed by atoms with Crippen molar-refractivity contribution in [2.45, 2.75) is 0 Å². The molecular weight excluding hydrogens is 220 g/mol. The lowest BCUT2D eigenvalue weighted by molar-refractivity contribution is 1.68. The summed E-state index contributed by atoms with van der Waals surface area (Å²) in [6.07, 6.45) is 0. The Kier molecular flexibility index (Phi) is 3.36. The van der Waals surface area contributed by atoms with Crippen LogP contribution in [-0.4, -0.2) is 0 Å². The van der Waals surface area contributed by atoms with Gasteiger partial charge in [0.15, 0.2) is 0 Å². The second-order valence-electron chi connectivity index (χ2n) is 3.37. The molecule has 0 spiro atoms. The zero-order valence-electron chi connectivity index (χ0n) is 8.48. The van der Waals surface area contributed by atoms with Crippen LogP contribution in [0.1, 0.15) is 0 Å². The summed E-state index contributed by atoms with van der Waals surface area (Å²) >= 11 is 0. The van der Waals surface area contributed by atoms with Gasteiger partial charge >= 0.3 is 0 Å². The first-order valence-corrected chi connectivity index (χ1v) is 6.22. The Morgan fingerprint density at radius 2 is 1.07 bits per heavy atom. The molecule has 0 heterocycles. The third-order valence-electron chi connectivity index (χ3n) is 2.22. The van der Waals surface area contributed by atoms with Crippen LogP contribution in [0.15, 0.2) is 48.5 Å². The molecule has 2 rings (SSSR count). The van der Waals surface area contributed by atoms with E-state index in [1.165, 1.54) is 10.6 Å². The van der Waals surface area contributed by atoms with E-state index >= 15 is 0 Å². The molecule has 0 fully saturated rings. The molecule has 0 N–H and O–H groups in total. The summed E-state index contributed by atoms with van der Waals surface area (Å²) in [6.45, 7) is 0. The highest BCUT2D eigenvalue weighted by atomic mass is 31.0. The Balaban J connectivity index is 2.30. The van der Waals surface area contributed by atoms with Crippen molar-refractivity contribution in [2.75, 3.05) is 0 Å². The van der Waals surface area contributed by atoms with E-state index in [9.17, 15) is 0 Å². The number of benzene rings is 2. The van der Waals surface area contributed by atoms with Crippen molar-refractivity contribution in [1.29, 1.82) is 0 Å². The first kappa shape index (κ1) is 10.6. The molecule has 0 aliphatic heterocycles. The fourth-order valence-corrected chi connectivity index (χ4v) is 2.04. The minimum Gasteiger partial charge on any atom is -0.652 e. The molecule has 0 amide bonds. The Morgan fingerprint density at radius 1 is 0.667 bits per heavy atom.